The zero-order valence-corrected chi connectivity index (χ0v) is 33.2. The Morgan fingerprint density at radius 1 is 0.865 bits per heavy atom. The highest BCUT2D eigenvalue weighted by molar-refractivity contribution is 6.67. The number of alkyl halides is 3. The number of carbonyl (C=O) groups excluding carboxylic acids is 1. The third kappa shape index (κ3) is 9.33. The lowest BCUT2D eigenvalue weighted by atomic mass is 9.43. The first-order chi connectivity index (χ1) is 24.9. The molecule has 11 atom stereocenters. The van der Waals surface area contributed by atoms with Gasteiger partial charge in [-0.15, -0.1) is 0 Å². The van der Waals surface area contributed by atoms with Crippen LogP contribution in [0.25, 0.3) is 0 Å². The van der Waals surface area contributed by atoms with Crippen LogP contribution in [0.2, 0.25) is 0 Å². The van der Waals surface area contributed by atoms with Crippen LogP contribution in [0.3, 0.4) is 0 Å². The number of aliphatic hydroxyl groups excluding tert-OH is 1. The first-order valence-corrected chi connectivity index (χ1v) is 20.4. The second-order valence-corrected chi connectivity index (χ2v) is 19.0. The van der Waals surface area contributed by atoms with Gasteiger partial charge in [0.15, 0.2) is 0 Å². The molecule has 0 aliphatic heterocycles. The monoisotopic (exact) mass is 778 g/mol. The third-order valence-corrected chi connectivity index (χ3v) is 13.9. The van der Waals surface area contributed by atoms with Crippen molar-refractivity contribution in [3.63, 3.8) is 0 Å². The van der Waals surface area contributed by atoms with Crippen LogP contribution < -0.4 is 0 Å². The molecule has 6 rings (SSSR count). The first kappa shape index (κ1) is 40.2. The summed E-state index contributed by atoms with van der Waals surface area (Å²) in [6.07, 6.45) is 7.29. The molecule has 0 radical (unpaired) electrons. The Hall–Kier alpha value is -1.42. The molecule has 0 bridgehead atoms. The van der Waals surface area contributed by atoms with Crippen molar-refractivity contribution in [3.8, 4) is 0 Å². The molecular weight excluding hydrogens is 723 g/mol. The zero-order valence-electron chi connectivity index (χ0n) is 30.9. The normalized spacial score (nSPS) is 34.9. The number of hydrogen-bond donors (Lipinski definition) is 1. The highest BCUT2D eigenvalue weighted by Crippen LogP contribution is 2.69. The zero-order chi connectivity index (χ0) is 36.9. The van der Waals surface area contributed by atoms with Crippen LogP contribution in [0.15, 0.2) is 60.7 Å². The number of rotatable bonds is 15. The Bertz CT molecular complexity index is 1430. The maximum Gasteiger partial charge on any atom is 0.305 e. The summed E-state index contributed by atoms with van der Waals surface area (Å²) in [7, 11) is 0. The minimum absolute atomic E-state index is 0.0229. The van der Waals surface area contributed by atoms with Crippen molar-refractivity contribution in [2.45, 2.75) is 114 Å². The van der Waals surface area contributed by atoms with Gasteiger partial charge in [0, 0.05) is 11.8 Å². The second-order valence-electron chi connectivity index (χ2n) is 16.5. The maximum absolute atomic E-state index is 12.7. The average Bonchev–Trinajstić information content (AvgIpc) is 3.49. The molecule has 2 aromatic carbocycles. The number of esters is 1. The fraction of sp³-hybridized carbons (Fsp3) is 0.690. The van der Waals surface area contributed by atoms with E-state index in [0.717, 1.165) is 56.1 Å². The van der Waals surface area contributed by atoms with Gasteiger partial charge in [-0.1, -0.05) is 116 Å². The molecule has 0 amide bonds. The minimum Gasteiger partial charge on any atom is -0.461 e. The number of halogens is 3. The summed E-state index contributed by atoms with van der Waals surface area (Å²) >= 11 is 17.5. The predicted octanol–water partition coefficient (Wildman–Crippen LogP) is 9.67. The van der Waals surface area contributed by atoms with Crippen LogP contribution in [0, 0.1) is 46.3 Å². The number of fused-ring (bicyclic) bond motifs is 5. The lowest BCUT2D eigenvalue weighted by Crippen LogP contribution is -2.63. The highest BCUT2D eigenvalue weighted by Gasteiger charge is 2.66. The Balaban J connectivity index is 1.23. The van der Waals surface area contributed by atoms with Gasteiger partial charge in [0.05, 0.1) is 31.5 Å². The molecule has 0 heterocycles. The van der Waals surface area contributed by atoms with Crippen molar-refractivity contribution in [2.24, 2.45) is 46.3 Å². The molecule has 0 aromatic heterocycles. The Labute approximate surface area is 325 Å². The van der Waals surface area contributed by atoms with E-state index in [1.54, 1.807) is 0 Å². The molecule has 7 nitrogen and oxygen atoms in total. The van der Waals surface area contributed by atoms with Gasteiger partial charge in [0.2, 0.25) is 3.79 Å². The Morgan fingerprint density at radius 2 is 1.50 bits per heavy atom. The van der Waals surface area contributed by atoms with E-state index >= 15 is 0 Å². The molecule has 4 aliphatic carbocycles. The summed E-state index contributed by atoms with van der Waals surface area (Å²) in [5.74, 6) is 1.65. The molecule has 2 aromatic rings. The molecule has 4 fully saturated rings. The number of aliphatic hydroxyl groups is 1. The summed E-state index contributed by atoms with van der Waals surface area (Å²) in [5.41, 5.74) is 2.16. The van der Waals surface area contributed by atoms with Crippen molar-refractivity contribution in [2.75, 3.05) is 20.2 Å². The molecule has 0 saturated heterocycles. The van der Waals surface area contributed by atoms with E-state index in [1.807, 2.05) is 36.4 Å². The summed E-state index contributed by atoms with van der Waals surface area (Å²) in [6, 6.07) is 20.4. The SMILES string of the molecule is C[C@H](CCC(=O)OCC(Cl)(Cl)Cl)[C@H]1CC[C@H]2[C@@H]3[C@H](OCOCc4ccccc4)C[C@@H]4C[C@H](O)CC[C@]4(C)[C@H]3C[C@H](OCOCc3ccccc3)[C@]12C. The van der Waals surface area contributed by atoms with E-state index in [1.165, 1.54) is 0 Å². The predicted molar refractivity (Wildman–Crippen MR) is 204 cm³/mol. The molecule has 0 unspecified atom stereocenters. The van der Waals surface area contributed by atoms with Gasteiger partial charge < -0.3 is 28.8 Å². The minimum atomic E-state index is -1.63. The molecule has 10 heteroatoms. The van der Waals surface area contributed by atoms with Crippen molar-refractivity contribution in [1.82, 2.24) is 0 Å². The van der Waals surface area contributed by atoms with Gasteiger partial charge in [-0.3, -0.25) is 4.79 Å². The van der Waals surface area contributed by atoms with Gasteiger partial charge in [-0.2, -0.15) is 0 Å². The molecule has 4 aliphatic rings. The van der Waals surface area contributed by atoms with Crippen LogP contribution in [-0.4, -0.2) is 53.4 Å². The van der Waals surface area contributed by atoms with Crippen LogP contribution >= 0.6 is 34.8 Å². The van der Waals surface area contributed by atoms with Gasteiger partial charge in [0.1, 0.15) is 20.2 Å². The van der Waals surface area contributed by atoms with Crippen LogP contribution in [-0.2, 0) is 41.7 Å². The van der Waals surface area contributed by atoms with Crippen LogP contribution in [0.1, 0.15) is 89.7 Å². The lowest BCUT2D eigenvalue weighted by Gasteiger charge is -2.64. The topological polar surface area (TPSA) is 83.5 Å². The maximum atomic E-state index is 12.7. The summed E-state index contributed by atoms with van der Waals surface area (Å²) in [6.45, 7) is 8.38. The van der Waals surface area contributed by atoms with Crippen molar-refractivity contribution in [3.05, 3.63) is 71.8 Å². The van der Waals surface area contributed by atoms with E-state index < -0.39 is 3.79 Å². The lowest BCUT2D eigenvalue weighted by molar-refractivity contribution is -0.251. The number of carbonyl (C=O) groups is 1. The van der Waals surface area contributed by atoms with E-state index in [9.17, 15) is 9.90 Å². The standard InChI is InChI=1S/C42H57Cl3O7/c1-28(14-17-38(47)50-25-42(43,44)45)33-15-16-34-39-35(22-37(41(33,34)3)52-27-49-24-30-12-8-5-9-13-30)40(2)19-18-32(46)20-31(40)21-36(39)51-26-48-23-29-10-6-4-7-11-29/h4-13,28,31-37,39,46H,14-27H2,1-3H3/t28-,31+,32-,33-,34+,35+,36-,37+,39+,40+,41-/m1/s1. The Kier molecular flexibility index (Phi) is 13.6. The highest BCUT2D eigenvalue weighted by atomic mass is 35.6. The molecule has 0 spiro atoms. The molecule has 1 N–H and O–H groups in total. The van der Waals surface area contributed by atoms with E-state index in [4.69, 9.17) is 58.5 Å². The van der Waals surface area contributed by atoms with Gasteiger partial charge in [-0.25, -0.2) is 0 Å². The van der Waals surface area contributed by atoms with E-state index in [-0.39, 0.29) is 67.6 Å². The second kappa shape index (κ2) is 17.6. The fourth-order valence-corrected chi connectivity index (χ4v) is 11.2. The summed E-state index contributed by atoms with van der Waals surface area (Å²) < 4.78 is 29.6. The number of ether oxygens (including phenoxy) is 5. The summed E-state index contributed by atoms with van der Waals surface area (Å²) in [4.78, 5) is 12.7. The van der Waals surface area contributed by atoms with Crippen LogP contribution in [0.4, 0.5) is 0 Å². The molecule has 52 heavy (non-hydrogen) atoms. The fourth-order valence-electron chi connectivity index (χ4n) is 11.0. The smallest absolute Gasteiger partial charge is 0.305 e. The molecule has 288 valence electrons. The number of hydrogen-bond acceptors (Lipinski definition) is 7. The molecule has 4 saturated carbocycles. The Morgan fingerprint density at radius 3 is 2.13 bits per heavy atom. The summed E-state index contributed by atoms with van der Waals surface area (Å²) in [5, 5.41) is 10.9. The van der Waals surface area contributed by atoms with Crippen molar-refractivity contribution < 1.29 is 33.6 Å². The van der Waals surface area contributed by atoms with Crippen molar-refractivity contribution in [1.29, 1.82) is 0 Å². The van der Waals surface area contributed by atoms with E-state index in [0.29, 0.717) is 49.2 Å². The van der Waals surface area contributed by atoms with Gasteiger partial charge in [0.25, 0.3) is 0 Å². The average molecular weight is 780 g/mol. The van der Waals surface area contributed by atoms with Crippen LogP contribution in [0.5, 0.6) is 0 Å². The van der Waals surface area contributed by atoms with E-state index in [2.05, 4.69) is 45.0 Å². The van der Waals surface area contributed by atoms with Gasteiger partial charge in [-0.05, 0) is 103 Å². The largest absolute Gasteiger partial charge is 0.461 e. The molecular formula is C42H57Cl3O7. The number of benzene rings is 2. The first-order valence-electron chi connectivity index (χ1n) is 19.3. The van der Waals surface area contributed by atoms with Crippen molar-refractivity contribution >= 4 is 40.8 Å². The third-order valence-electron chi connectivity index (χ3n) is 13.6. The quantitative estimate of drug-likeness (QED) is 0.0835. The van der Waals surface area contributed by atoms with Gasteiger partial charge >= 0.3 is 5.97 Å².